The fourth-order valence-electron chi connectivity index (χ4n) is 1.88. The summed E-state index contributed by atoms with van der Waals surface area (Å²) >= 11 is 0. The summed E-state index contributed by atoms with van der Waals surface area (Å²) in [4.78, 5) is 21.9. The monoisotopic (exact) mass is 235 g/mol. The number of carbonyl (C=O) groups is 1. The molecule has 0 aliphatic carbocycles. The second kappa shape index (κ2) is 4.99. The molecule has 1 aromatic rings. The van der Waals surface area contributed by atoms with Gasteiger partial charge in [-0.25, -0.2) is 9.97 Å². The Morgan fingerprint density at radius 1 is 1.59 bits per heavy atom. The lowest BCUT2D eigenvalue weighted by Crippen LogP contribution is -2.54. The molecule has 1 atom stereocenters. The van der Waals surface area contributed by atoms with Gasteiger partial charge in [0, 0.05) is 25.7 Å². The third-order valence-electron chi connectivity index (χ3n) is 2.80. The normalized spacial score (nSPS) is 20.0. The quantitative estimate of drug-likeness (QED) is 0.785. The van der Waals surface area contributed by atoms with Gasteiger partial charge in [0.2, 0.25) is 5.91 Å². The van der Waals surface area contributed by atoms with Gasteiger partial charge in [0.15, 0.2) is 0 Å². The van der Waals surface area contributed by atoms with Crippen molar-refractivity contribution in [2.75, 3.05) is 29.9 Å². The van der Waals surface area contributed by atoms with Gasteiger partial charge in [-0.05, 0) is 13.8 Å². The Bertz CT molecular complexity index is 409. The van der Waals surface area contributed by atoms with Crippen molar-refractivity contribution in [2.45, 2.75) is 19.9 Å². The molecule has 92 valence electrons. The Kier molecular flexibility index (Phi) is 3.41. The van der Waals surface area contributed by atoms with Gasteiger partial charge >= 0.3 is 0 Å². The minimum atomic E-state index is -0.187. The molecule has 17 heavy (non-hydrogen) atoms. The van der Waals surface area contributed by atoms with Crippen LogP contribution in [0.5, 0.6) is 0 Å². The molecule has 1 fully saturated rings. The number of amides is 1. The molecular weight excluding hydrogens is 218 g/mol. The standard InChI is InChI=1S/C11H17N5O/c1-3-12-9-6-10(15-7-14-9)16-5-4-13-11(17)8(16)2/h6-8H,3-5H2,1-2H3,(H,13,17)(H,12,14,15). The maximum atomic E-state index is 11.6. The van der Waals surface area contributed by atoms with Gasteiger partial charge in [0.1, 0.15) is 24.0 Å². The number of aromatic nitrogens is 2. The van der Waals surface area contributed by atoms with E-state index in [0.29, 0.717) is 6.54 Å². The van der Waals surface area contributed by atoms with Crippen molar-refractivity contribution in [2.24, 2.45) is 0 Å². The molecule has 0 spiro atoms. The van der Waals surface area contributed by atoms with Crippen molar-refractivity contribution in [3.63, 3.8) is 0 Å². The van der Waals surface area contributed by atoms with Gasteiger partial charge in [0.05, 0.1) is 0 Å². The highest BCUT2D eigenvalue weighted by Gasteiger charge is 2.26. The molecule has 1 amide bonds. The smallest absolute Gasteiger partial charge is 0.242 e. The van der Waals surface area contributed by atoms with E-state index in [0.717, 1.165) is 24.7 Å². The van der Waals surface area contributed by atoms with E-state index in [4.69, 9.17) is 0 Å². The number of hydrogen-bond donors (Lipinski definition) is 2. The first-order chi connectivity index (χ1) is 8.22. The number of rotatable bonds is 3. The highest BCUT2D eigenvalue weighted by molar-refractivity contribution is 5.85. The minimum Gasteiger partial charge on any atom is -0.370 e. The Morgan fingerprint density at radius 2 is 2.41 bits per heavy atom. The fourth-order valence-corrected chi connectivity index (χ4v) is 1.88. The van der Waals surface area contributed by atoms with Crippen molar-refractivity contribution in [3.8, 4) is 0 Å². The molecule has 6 nitrogen and oxygen atoms in total. The van der Waals surface area contributed by atoms with Gasteiger partial charge in [-0.2, -0.15) is 0 Å². The average molecular weight is 235 g/mol. The predicted octanol–water partition coefficient (Wildman–Crippen LogP) is 0.233. The van der Waals surface area contributed by atoms with E-state index in [1.165, 1.54) is 6.33 Å². The summed E-state index contributed by atoms with van der Waals surface area (Å²) in [5.74, 6) is 1.62. The first-order valence-electron chi connectivity index (χ1n) is 5.82. The van der Waals surface area contributed by atoms with Gasteiger partial charge in [0.25, 0.3) is 0 Å². The fraction of sp³-hybridized carbons (Fsp3) is 0.545. The number of nitrogens with zero attached hydrogens (tertiary/aromatic N) is 3. The molecule has 1 unspecified atom stereocenters. The summed E-state index contributed by atoms with van der Waals surface area (Å²) < 4.78 is 0. The zero-order valence-corrected chi connectivity index (χ0v) is 10.1. The van der Waals surface area contributed by atoms with E-state index < -0.39 is 0 Å². The molecule has 1 saturated heterocycles. The lowest BCUT2D eigenvalue weighted by molar-refractivity contribution is -0.122. The summed E-state index contributed by atoms with van der Waals surface area (Å²) in [7, 11) is 0. The first-order valence-corrected chi connectivity index (χ1v) is 5.82. The average Bonchev–Trinajstić information content (AvgIpc) is 2.33. The molecule has 0 saturated carbocycles. The van der Waals surface area contributed by atoms with Crippen molar-refractivity contribution in [1.82, 2.24) is 15.3 Å². The van der Waals surface area contributed by atoms with Crippen molar-refractivity contribution in [1.29, 1.82) is 0 Å². The topological polar surface area (TPSA) is 70.2 Å². The minimum absolute atomic E-state index is 0.0415. The van der Waals surface area contributed by atoms with E-state index in [2.05, 4.69) is 20.6 Å². The molecule has 2 heterocycles. The molecule has 1 aromatic heterocycles. The van der Waals surface area contributed by atoms with Crippen LogP contribution in [0.25, 0.3) is 0 Å². The number of carbonyl (C=O) groups excluding carboxylic acids is 1. The van der Waals surface area contributed by atoms with Crippen LogP contribution in [0.4, 0.5) is 11.6 Å². The van der Waals surface area contributed by atoms with Crippen molar-refractivity contribution >= 4 is 17.5 Å². The van der Waals surface area contributed by atoms with Gasteiger partial charge in [-0.1, -0.05) is 0 Å². The predicted molar refractivity (Wildman–Crippen MR) is 66.0 cm³/mol. The largest absolute Gasteiger partial charge is 0.370 e. The maximum absolute atomic E-state index is 11.6. The summed E-state index contributed by atoms with van der Waals surface area (Å²) in [6, 6.07) is 1.69. The second-order valence-electron chi connectivity index (χ2n) is 3.95. The van der Waals surface area contributed by atoms with Gasteiger partial charge in [-0.3, -0.25) is 4.79 Å². The summed E-state index contributed by atoms with van der Waals surface area (Å²) in [6.45, 7) is 6.13. The first kappa shape index (κ1) is 11.6. The van der Waals surface area contributed by atoms with E-state index in [-0.39, 0.29) is 11.9 Å². The molecule has 2 rings (SSSR count). The highest BCUT2D eigenvalue weighted by atomic mass is 16.2. The van der Waals surface area contributed by atoms with E-state index in [1.54, 1.807) is 0 Å². The molecule has 6 heteroatoms. The molecule has 1 aliphatic rings. The molecule has 1 aliphatic heterocycles. The van der Waals surface area contributed by atoms with Crippen LogP contribution in [0.2, 0.25) is 0 Å². The van der Waals surface area contributed by atoms with E-state index in [9.17, 15) is 4.79 Å². The summed E-state index contributed by atoms with van der Waals surface area (Å²) in [5, 5.41) is 5.97. The zero-order chi connectivity index (χ0) is 12.3. The number of piperazine rings is 1. The van der Waals surface area contributed by atoms with Crippen molar-refractivity contribution in [3.05, 3.63) is 12.4 Å². The Balaban J connectivity index is 2.20. The molecule has 2 N–H and O–H groups in total. The Morgan fingerprint density at radius 3 is 3.18 bits per heavy atom. The maximum Gasteiger partial charge on any atom is 0.242 e. The molecule has 0 radical (unpaired) electrons. The third kappa shape index (κ3) is 2.46. The van der Waals surface area contributed by atoms with E-state index in [1.807, 2.05) is 24.8 Å². The van der Waals surface area contributed by atoms with Crippen LogP contribution in [-0.2, 0) is 4.79 Å². The number of anilines is 2. The van der Waals surface area contributed by atoms with Gasteiger partial charge in [-0.15, -0.1) is 0 Å². The van der Waals surface area contributed by atoms with Crippen LogP contribution in [0.3, 0.4) is 0 Å². The Hall–Kier alpha value is -1.85. The molecular formula is C11H17N5O. The SMILES string of the molecule is CCNc1cc(N2CCNC(=O)C2C)ncn1. The number of hydrogen-bond acceptors (Lipinski definition) is 5. The number of nitrogens with one attached hydrogen (secondary N) is 2. The van der Waals surface area contributed by atoms with Crippen LogP contribution in [0, 0.1) is 0 Å². The lowest BCUT2D eigenvalue weighted by Gasteiger charge is -2.33. The van der Waals surface area contributed by atoms with Crippen LogP contribution in [0.15, 0.2) is 12.4 Å². The van der Waals surface area contributed by atoms with Gasteiger partial charge < -0.3 is 15.5 Å². The Labute approximate surface area is 100 Å². The molecule has 0 bridgehead atoms. The van der Waals surface area contributed by atoms with E-state index >= 15 is 0 Å². The summed E-state index contributed by atoms with van der Waals surface area (Å²) in [5.41, 5.74) is 0. The summed E-state index contributed by atoms with van der Waals surface area (Å²) in [6.07, 6.45) is 1.52. The highest BCUT2D eigenvalue weighted by Crippen LogP contribution is 2.17. The third-order valence-corrected chi connectivity index (χ3v) is 2.80. The van der Waals surface area contributed by atoms with Crippen LogP contribution in [-0.4, -0.2) is 41.6 Å². The van der Waals surface area contributed by atoms with Crippen LogP contribution in [0.1, 0.15) is 13.8 Å². The second-order valence-corrected chi connectivity index (χ2v) is 3.95. The van der Waals surface area contributed by atoms with Crippen molar-refractivity contribution < 1.29 is 4.79 Å². The van der Waals surface area contributed by atoms with Crippen LogP contribution >= 0.6 is 0 Å². The molecule has 0 aromatic carbocycles. The van der Waals surface area contributed by atoms with Crippen LogP contribution < -0.4 is 15.5 Å². The lowest BCUT2D eigenvalue weighted by atomic mass is 10.2. The zero-order valence-electron chi connectivity index (χ0n) is 10.1.